The minimum atomic E-state index is -0.394. The van der Waals surface area contributed by atoms with E-state index in [2.05, 4.69) is 0 Å². The number of carbonyl (C=O) groups is 1. The Labute approximate surface area is 123 Å². The van der Waals surface area contributed by atoms with Crippen molar-refractivity contribution in [3.05, 3.63) is 45.6 Å². The second kappa shape index (κ2) is 5.95. The van der Waals surface area contributed by atoms with Crippen LogP contribution in [0.25, 0.3) is 0 Å². The third-order valence-electron chi connectivity index (χ3n) is 3.49. The molecule has 1 aromatic rings. The molecule has 21 heavy (non-hydrogen) atoms. The molecule has 1 aliphatic heterocycles. The van der Waals surface area contributed by atoms with Crippen LogP contribution < -0.4 is 4.90 Å². The van der Waals surface area contributed by atoms with Crippen molar-refractivity contribution in [1.29, 1.82) is 0 Å². The van der Waals surface area contributed by atoms with E-state index in [1.807, 2.05) is 37.0 Å². The van der Waals surface area contributed by atoms with Crippen molar-refractivity contribution in [2.45, 2.75) is 13.3 Å². The first-order valence-electron chi connectivity index (χ1n) is 6.79. The van der Waals surface area contributed by atoms with Crippen LogP contribution in [0.15, 0.2) is 30.0 Å². The summed E-state index contributed by atoms with van der Waals surface area (Å²) in [6.07, 6.45) is 2.25. The van der Waals surface area contributed by atoms with E-state index in [0.29, 0.717) is 19.5 Å². The lowest BCUT2D eigenvalue weighted by Gasteiger charge is -2.31. The molecule has 0 spiro atoms. The number of piperidine rings is 1. The van der Waals surface area contributed by atoms with E-state index in [9.17, 15) is 14.9 Å². The molecule has 1 aliphatic rings. The van der Waals surface area contributed by atoms with E-state index >= 15 is 0 Å². The number of rotatable bonds is 3. The summed E-state index contributed by atoms with van der Waals surface area (Å²) < 4.78 is 0. The van der Waals surface area contributed by atoms with Gasteiger partial charge in [-0.1, -0.05) is 6.07 Å². The quantitative estimate of drug-likeness (QED) is 0.484. The van der Waals surface area contributed by atoms with Crippen LogP contribution in [0.5, 0.6) is 0 Å². The van der Waals surface area contributed by atoms with Crippen LogP contribution >= 0.6 is 0 Å². The molecule has 0 aliphatic carbocycles. The first kappa shape index (κ1) is 15.0. The number of benzene rings is 1. The summed E-state index contributed by atoms with van der Waals surface area (Å²) in [5, 5.41) is 10.9. The van der Waals surface area contributed by atoms with Crippen molar-refractivity contribution >= 4 is 17.2 Å². The van der Waals surface area contributed by atoms with E-state index in [1.54, 1.807) is 12.1 Å². The molecule has 0 amide bonds. The van der Waals surface area contributed by atoms with Gasteiger partial charge in [0.25, 0.3) is 5.69 Å². The number of nitrogens with zero attached hydrogens (tertiary/aromatic N) is 3. The maximum absolute atomic E-state index is 11.9. The second-order valence-electron chi connectivity index (χ2n) is 5.44. The number of non-ortho nitro benzene ring substituents is 1. The smallest absolute Gasteiger partial charge is 0.271 e. The molecule has 6 heteroatoms. The van der Waals surface area contributed by atoms with Crippen molar-refractivity contribution in [3.8, 4) is 0 Å². The molecule has 1 fully saturated rings. The van der Waals surface area contributed by atoms with Crippen LogP contribution in [-0.2, 0) is 4.79 Å². The van der Waals surface area contributed by atoms with Crippen LogP contribution in [0.3, 0.4) is 0 Å². The third kappa shape index (κ3) is 3.39. The number of hydrogen-bond acceptors (Lipinski definition) is 5. The topological polar surface area (TPSA) is 66.7 Å². The maximum Gasteiger partial charge on any atom is 0.271 e. The van der Waals surface area contributed by atoms with E-state index in [4.69, 9.17) is 0 Å². The highest BCUT2D eigenvalue weighted by atomic mass is 16.6. The molecule has 0 aromatic heterocycles. The number of Topliss-reactive ketones (excluding diaryl/α,β-unsaturated/α-hetero) is 1. The highest BCUT2D eigenvalue weighted by Crippen LogP contribution is 2.28. The zero-order valence-electron chi connectivity index (χ0n) is 12.5. The normalized spacial score (nSPS) is 17.2. The van der Waals surface area contributed by atoms with Gasteiger partial charge in [0.05, 0.1) is 4.92 Å². The monoisotopic (exact) mass is 289 g/mol. The Morgan fingerprint density at radius 3 is 2.71 bits per heavy atom. The van der Waals surface area contributed by atoms with Crippen LogP contribution in [0.1, 0.15) is 12.0 Å². The molecule has 112 valence electrons. The van der Waals surface area contributed by atoms with E-state index < -0.39 is 4.92 Å². The van der Waals surface area contributed by atoms with Crippen LogP contribution in [0, 0.1) is 17.0 Å². The van der Waals surface area contributed by atoms with Gasteiger partial charge in [0, 0.05) is 63.2 Å². The van der Waals surface area contributed by atoms with Crippen LogP contribution in [0.2, 0.25) is 0 Å². The van der Waals surface area contributed by atoms with Crippen LogP contribution in [-0.4, -0.2) is 42.8 Å². The fourth-order valence-corrected chi connectivity index (χ4v) is 2.45. The Bertz CT molecular complexity index is 608. The van der Waals surface area contributed by atoms with E-state index in [0.717, 1.165) is 16.8 Å². The fraction of sp³-hybridized carbons (Fsp3) is 0.400. The third-order valence-corrected chi connectivity index (χ3v) is 3.49. The molecule has 0 radical (unpaired) electrons. The molecule has 1 saturated heterocycles. The molecule has 1 heterocycles. The van der Waals surface area contributed by atoms with Gasteiger partial charge in [0.15, 0.2) is 5.78 Å². The van der Waals surface area contributed by atoms with Crippen molar-refractivity contribution in [2.75, 3.05) is 32.1 Å². The number of nitro benzene ring substituents is 1. The number of hydrogen-bond donors (Lipinski definition) is 0. The Kier molecular flexibility index (Phi) is 4.26. The first-order valence-corrected chi connectivity index (χ1v) is 6.79. The highest BCUT2D eigenvalue weighted by Gasteiger charge is 2.24. The molecule has 0 bridgehead atoms. The summed E-state index contributed by atoms with van der Waals surface area (Å²) in [4.78, 5) is 26.3. The van der Waals surface area contributed by atoms with Crippen LogP contribution in [0.4, 0.5) is 11.4 Å². The Balaban J connectivity index is 2.32. The number of nitro groups is 1. The molecular weight excluding hydrogens is 270 g/mol. The predicted octanol–water partition coefficient (Wildman–Crippen LogP) is 2.13. The van der Waals surface area contributed by atoms with E-state index in [1.165, 1.54) is 6.07 Å². The SMILES string of the molecule is Cc1ccc([N+](=O)[O-])cc1N1CCC(=O)/C(=C/N(C)C)C1. The fourth-order valence-electron chi connectivity index (χ4n) is 2.45. The van der Waals surface area contributed by atoms with Gasteiger partial charge in [-0.15, -0.1) is 0 Å². The molecule has 0 N–H and O–H groups in total. The van der Waals surface area contributed by atoms with Gasteiger partial charge < -0.3 is 9.80 Å². The van der Waals surface area contributed by atoms with Gasteiger partial charge in [-0.05, 0) is 12.5 Å². The van der Waals surface area contributed by atoms with Crippen molar-refractivity contribution in [2.24, 2.45) is 0 Å². The average molecular weight is 289 g/mol. The lowest BCUT2D eigenvalue weighted by atomic mass is 10.0. The summed E-state index contributed by atoms with van der Waals surface area (Å²) in [5.74, 6) is 0.142. The molecular formula is C15H19N3O3. The Morgan fingerprint density at radius 2 is 2.10 bits per heavy atom. The molecule has 2 rings (SSSR count). The van der Waals surface area contributed by atoms with Crippen molar-refractivity contribution in [1.82, 2.24) is 4.90 Å². The zero-order valence-corrected chi connectivity index (χ0v) is 12.5. The zero-order chi connectivity index (χ0) is 15.6. The standard InChI is InChI=1S/C15H19N3O3/c1-11-4-5-13(18(20)21)8-14(11)17-7-6-15(19)12(10-17)9-16(2)3/h4-5,8-9H,6-7,10H2,1-3H3/b12-9+. The number of ketones is 1. The van der Waals surface area contributed by atoms with Gasteiger partial charge >= 0.3 is 0 Å². The largest absolute Gasteiger partial charge is 0.383 e. The molecule has 0 unspecified atom stereocenters. The Morgan fingerprint density at radius 1 is 1.38 bits per heavy atom. The second-order valence-corrected chi connectivity index (χ2v) is 5.44. The highest BCUT2D eigenvalue weighted by molar-refractivity contribution is 5.97. The summed E-state index contributed by atoms with van der Waals surface area (Å²) >= 11 is 0. The molecule has 0 atom stereocenters. The molecule has 6 nitrogen and oxygen atoms in total. The molecule has 1 aromatic carbocycles. The summed E-state index contributed by atoms with van der Waals surface area (Å²) in [6.45, 7) is 3.00. The minimum Gasteiger partial charge on any atom is -0.383 e. The summed E-state index contributed by atoms with van der Waals surface area (Å²) in [7, 11) is 3.75. The number of anilines is 1. The first-order chi connectivity index (χ1) is 9.88. The minimum absolute atomic E-state index is 0.0747. The summed E-state index contributed by atoms with van der Waals surface area (Å²) in [5.41, 5.74) is 2.60. The van der Waals surface area contributed by atoms with Gasteiger partial charge in [-0.2, -0.15) is 0 Å². The number of carbonyl (C=O) groups excluding carboxylic acids is 1. The van der Waals surface area contributed by atoms with Crippen molar-refractivity contribution in [3.63, 3.8) is 0 Å². The van der Waals surface area contributed by atoms with Gasteiger partial charge in [0.1, 0.15) is 0 Å². The number of aryl methyl sites for hydroxylation is 1. The molecule has 0 saturated carbocycles. The average Bonchev–Trinajstić information content (AvgIpc) is 2.41. The van der Waals surface area contributed by atoms with Gasteiger partial charge in [0.2, 0.25) is 0 Å². The van der Waals surface area contributed by atoms with Gasteiger partial charge in [-0.25, -0.2) is 0 Å². The van der Waals surface area contributed by atoms with E-state index in [-0.39, 0.29) is 11.5 Å². The predicted molar refractivity (Wildman–Crippen MR) is 81.4 cm³/mol. The van der Waals surface area contributed by atoms with Crippen molar-refractivity contribution < 1.29 is 9.72 Å². The lowest BCUT2D eigenvalue weighted by molar-refractivity contribution is -0.384. The van der Waals surface area contributed by atoms with Gasteiger partial charge in [-0.3, -0.25) is 14.9 Å². The Hall–Kier alpha value is -2.37. The summed E-state index contributed by atoms with van der Waals surface area (Å²) in [6, 6.07) is 4.84. The lowest BCUT2D eigenvalue weighted by Crippen LogP contribution is -2.36. The maximum atomic E-state index is 11.9.